The minimum atomic E-state index is -4.79. The summed E-state index contributed by atoms with van der Waals surface area (Å²) in [6.07, 6.45) is -4.48. The molecule has 2 aliphatic heterocycles. The van der Waals surface area contributed by atoms with Crippen LogP contribution in [0, 0.1) is 11.8 Å². The monoisotopic (exact) mass is 345 g/mol. The minimum Gasteiger partial charge on any atom is -0.481 e. The number of rotatable bonds is 4. The van der Waals surface area contributed by atoms with E-state index in [-0.39, 0.29) is 5.69 Å². The van der Waals surface area contributed by atoms with Crippen LogP contribution in [0.15, 0.2) is 24.3 Å². The second-order valence-electron chi connectivity index (χ2n) is 5.74. The Kier molecular flexibility index (Phi) is 4.12. The van der Waals surface area contributed by atoms with Crippen LogP contribution in [0.4, 0.5) is 18.9 Å². The summed E-state index contributed by atoms with van der Waals surface area (Å²) in [6, 6.07) is 4.63. The van der Waals surface area contributed by atoms with Gasteiger partial charge in [-0.1, -0.05) is 0 Å². The van der Waals surface area contributed by atoms with E-state index in [0.717, 1.165) is 12.1 Å². The van der Waals surface area contributed by atoms with E-state index >= 15 is 0 Å². The van der Waals surface area contributed by atoms with Crippen molar-refractivity contribution in [2.75, 3.05) is 5.32 Å². The van der Waals surface area contributed by atoms with Gasteiger partial charge in [0.05, 0.1) is 24.0 Å². The summed E-state index contributed by atoms with van der Waals surface area (Å²) in [5.41, 5.74) is 0.251. The molecule has 2 fully saturated rings. The second-order valence-corrected chi connectivity index (χ2v) is 5.74. The number of benzene rings is 1. The number of aliphatic carboxylic acids is 1. The molecule has 4 atom stereocenters. The summed E-state index contributed by atoms with van der Waals surface area (Å²) in [5.74, 6) is -3.73. The molecule has 2 heterocycles. The molecule has 3 rings (SSSR count). The molecule has 0 saturated carbocycles. The van der Waals surface area contributed by atoms with Gasteiger partial charge in [-0.2, -0.15) is 0 Å². The molecule has 130 valence electrons. The molecule has 2 bridgehead atoms. The predicted octanol–water partition coefficient (Wildman–Crippen LogP) is 2.40. The van der Waals surface area contributed by atoms with Gasteiger partial charge in [0.2, 0.25) is 5.91 Å². The van der Waals surface area contributed by atoms with Gasteiger partial charge in [0.15, 0.2) is 0 Å². The molecule has 0 spiro atoms. The van der Waals surface area contributed by atoms with Gasteiger partial charge in [-0.05, 0) is 37.1 Å². The quantitative estimate of drug-likeness (QED) is 0.875. The first-order chi connectivity index (χ1) is 11.2. The lowest BCUT2D eigenvalue weighted by Gasteiger charge is -2.23. The van der Waals surface area contributed by atoms with E-state index in [1.54, 1.807) is 0 Å². The zero-order valence-electron chi connectivity index (χ0n) is 12.2. The van der Waals surface area contributed by atoms with Crippen LogP contribution >= 0.6 is 0 Å². The van der Waals surface area contributed by atoms with E-state index in [4.69, 9.17) is 4.74 Å². The van der Waals surface area contributed by atoms with E-state index in [1.807, 2.05) is 0 Å². The van der Waals surface area contributed by atoms with Crippen LogP contribution in [-0.2, 0) is 14.3 Å². The molecule has 0 unspecified atom stereocenters. The van der Waals surface area contributed by atoms with E-state index in [2.05, 4.69) is 10.1 Å². The van der Waals surface area contributed by atoms with Gasteiger partial charge in [-0.25, -0.2) is 0 Å². The van der Waals surface area contributed by atoms with Crippen molar-refractivity contribution in [1.82, 2.24) is 0 Å². The summed E-state index contributed by atoms with van der Waals surface area (Å²) in [4.78, 5) is 23.7. The van der Waals surface area contributed by atoms with Crippen molar-refractivity contribution in [3.8, 4) is 5.75 Å². The van der Waals surface area contributed by atoms with Crippen LogP contribution in [-0.4, -0.2) is 35.6 Å². The third-order valence-corrected chi connectivity index (χ3v) is 4.22. The van der Waals surface area contributed by atoms with Gasteiger partial charge in [0.1, 0.15) is 5.75 Å². The van der Waals surface area contributed by atoms with Gasteiger partial charge in [-0.15, -0.1) is 13.2 Å². The first-order valence-electron chi connectivity index (χ1n) is 7.29. The third kappa shape index (κ3) is 3.30. The molecule has 0 aliphatic carbocycles. The van der Waals surface area contributed by atoms with Crippen molar-refractivity contribution in [2.24, 2.45) is 11.8 Å². The molecule has 1 aromatic rings. The van der Waals surface area contributed by atoms with E-state index in [1.165, 1.54) is 12.1 Å². The Morgan fingerprint density at radius 3 is 2.25 bits per heavy atom. The lowest BCUT2D eigenvalue weighted by molar-refractivity contribution is -0.274. The van der Waals surface area contributed by atoms with E-state index < -0.39 is 48.0 Å². The third-order valence-electron chi connectivity index (χ3n) is 4.22. The number of nitrogens with one attached hydrogen (secondary N) is 1. The number of amides is 1. The van der Waals surface area contributed by atoms with Crippen LogP contribution in [0.25, 0.3) is 0 Å². The lowest BCUT2D eigenvalue weighted by atomic mass is 9.78. The van der Waals surface area contributed by atoms with Crippen molar-refractivity contribution in [3.63, 3.8) is 0 Å². The number of alkyl halides is 3. The summed E-state index contributed by atoms with van der Waals surface area (Å²) in [6.45, 7) is 0. The Morgan fingerprint density at radius 1 is 1.12 bits per heavy atom. The molecule has 2 saturated heterocycles. The zero-order chi connectivity index (χ0) is 17.5. The summed E-state index contributed by atoms with van der Waals surface area (Å²) >= 11 is 0. The zero-order valence-corrected chi connectivity index (χ0v) is 12.2. The van der Waals surface area contributed by atoms with Crippen molar-refractivity contribution < 1.29 is 37.3 Å². The molecule has 1 aromatic carbocycles. The number of ether oxygens (including phenoxy) is 2. The molecule has 1 amide bonds. The summed E-state index contributed by atoms with van der Waals surface area (Å²) in [5, 5.41) is 11.8. The number of carbonyl (C=O) groups is 2. The number of halogens is 3. The summed E-state index contributed by atoms with van der Waals surface area (Å²) < 4.78 is 45.5. The topological polar surface area (TPSA) is 84.9 Å². The Balaban J connectivity index is 1.67. The van der Waals surface area contributed by atoms with E-state index in [9.17, 15) is 27.9 Å². The maximum atomic E-state index is 12.4. The number of carboxylic acids is 1. The predicted molar refractivity (Wildman–Crippen MR) is 74.3 cm³/mol. The fourth-order valence-corrected chi connectivity index (χ4v) is 3.29. The van der Waals surface area contributed by atoms with Crippen LogP contribution < -0.4 is 10.1 Å². The van der Waals surface area contributed by atoms with Crippen LogP contribution in [0.1, 0.15) is 12.8 Å². The van der Waals surface area contributed by atoms with Gasteiger partial charge in [0.25, 0.3) is 0 Å². The van der Waals surface area contributed by atoms with E-state index in [0.29, 0.717) is 12.8 Å². The van der Waals surface area contributed by atoms with Crippen LogP contribution in [0.3, 0.4) is 0 Å². The lowest BCUT2D eigenvalue weighted by Crippen LogP contribution is -2.40. The first kappa shape index (κ1) is 16.6. The molecular weight excluding hydrogens is 331 g/mol. The molecule has 2 aliphatic rings. The number of hydrogen-bond acceptors (Lipinski definition) is 4. The van der Waals surface area contributed by atoms with Gasteiger partial charge >= 0.3 is 12.3 Å². The molecular formula is C15H14F3NO5. The van der Waals surface area contributed by atoms with Gasteiger partial charge in [0, 0.05) is 5.69 Å². The fraction of sp³-hybridized carbons (Fsp3) is 0.467. The number of carbonyl (C=O) groups excluding carboxylic acids is 1. The highest BCUT2D eigenvalue weighted by Crippen LogP contribution is 2.44. The van der Waals surface area contributed by atoms with Crippen LogP contribution in [0.2, 0.25) is 0 Å². The Hall–Kier alpha value is -2.29. The van der Waals surface area contributed by atoms with Gasteiger partial charge in [-0.3, -0.25) is 9.59 Å². The highest BCUT2D eigenvalue weighted by atomic mass is 19.4. The Morgan fingerprint density at radius 2 is 1.71 bits per heavy atom. The SMILES string of the molecule is O=C(O)[C@@H]1[C@@H](C(=O)Nc2ccc(OC(F)(F)F)cc2)[C@@H]2CC[C@@H]1O2. The average molecular weight is 345 g/mol. The highest BCUT2D eigenvalue weighted by molar-refractivity contribution is 5.96. The molecule has 0 aromatic heterocycles. The van der Waals surface area contributed by atoms with Crippen LogP contribution in [0.5, 0.6) is 5.75 Å². The number of fused-ring (bicyclic) bond motifs is 2. The Labute approximate surface area is 134 Å². The number of hydrogen-bond donors (Lipinski definition) is 2. The smallest absolute Gasteiger partial charge is 0.481 e. The molecule has 2 N–H and O–H groups in total. The highest BCUT2D eigenvalue weighted by Gasteiger charge is 2.55. The van der Waals surface area contributed by atoms with Crippen molar-refractivity contribution in [3.05, 3.63) is 24.3 Å². The van der Waals surface area contributed by atoms with Crippen molar-refractivity contribution >= 4 is 17.6 Å². The maximum absolute atomic E-state index is 12.4. The number of anilines is 1. The minimum absolute atomic E-state index is 0.251. The molecule has 0 radical (unpaired) electrons. The molecule has 6 nitrogen and oxygen atoms in total. The Bertz CT molecular complexity index is 646. The normalized spacial score (nSPS) is 28.6. The second kappa shape index (κ2) is 5.97. The molecule has 9 heteroatoms. The van der Waals surface area contributed by atoms with Crippen molar-refractivity contribution in [2.45, 2.75) is 31.4 Å². The maximum Gasteiger partial charge on any atom is 0.573 e. The summed E-state index contributed by atoms with van der Waals surface area (Å²) in [7, 11) is 0. The standard InChI is InChI=1S/C15H14F3NO5/c16-15(17,18)24-8-3-1-7(2-4-8)19-13(20)11-9-5-6-10(23-9)12(11)14(21)22/h1-4,9-12H,5-6H2,(H,19,20)(H,21,22)/t9-,10-,11-,12-/m0/s1. The molecule has 24 heavy (non-hydrogen) atoms. The van der Waals surface area contributed by atoms with Gasteiger partial charge < -0.3 is 19.9 Å². The fourth-order valence-electron chi connectivity index (χ4n) is 3.29. The van der Waals surface area contributed by atoms with Crippen molar-refractivity contribution in [1.29, 1.82) is 0 Å². The number of carboxylic acid groups (broad SMARTS) is 1. The largest absolute Gasteiger partial charge is 0.573 e. The first-order valence-corrected chi connectivity index (χ1v) is 7.29. The average Bonchev–Trinajstić information content (AvgIpc) is 3.08.